The molecule has 0 radical (unpaired) electrons. The van der Waals surface area contributed by atoms with Crippen LogP contribution in [0.1, 0.15) is 11.5 Å². The Labute approximate surface area is 93.8 Å². The molecule has 84 valence electrons. The van der Waals surface area contributed by atoms with Crippen LogP contribution in [0.15, 0.2) is 18.6 Å². The van der Waals surface area contributed by atoms with E-state index in [1.54, 1.807) is 12.5 Å². The standard InChI is InChI=1S/C10H14N6/c1-8-3-5-11-10(14-8)12-6-4-9-15-13-7-16(9)2/h3,5,7H,4,6H2,1-2H3,(H,11,12,14). The normalized spacial score (nSPS) is 10.4. The van der Waals surface area contributed by atoms with Gasteiger partial charge in [0, 0.05) is 31.9 Å². The summed E-state index contributed by atoms with van der Waals surface area (Å²) in [6, 6.07) is 1.87. The monoisotopic (exact) mass is 218 g/mol. The summed E-state index contributed by atoms with van der Waals surface area (Å²) in [7, 11) is 1.93. The zero-order valence-electron chi connectivity index (χ0n) is 9.38. The smallest absolute Gasteiger partial charge is 0.222 e. The molecule has 0 atom stereocenters. The first kappa shape index (κ1) is 10.5. The van der Waals surface area contributed by atoms with Crippen LogP contribution in [0.3, 0.4) is 0 Å². The van der Waals surface area contributed by atoms with Crippen molar-refractivity contribution in [3.05, 3.63) is 30.1 Å². The molecule has 2 rings (SSSR count). The molecule has 2 aromatic heterocycles. The maximum absolute atomic E-state index is 4.25. The fourth-order valence-electron chi connectivity index (χ4n) is 1.35. The van der Waals surface area contributed by atoms with Crippen molar-refractivity contribution >= 4 is 5.95 Å². The van der Waals surface area contributed by atoms with Crippen molar-refractivity contribution < 1.29 is 0 Å². The van der Waals surface area contributed by atoms with Crippen molar-refractivity contribution in [2.24, 2.45) is 7.05 Å². The third-order valence-electron chi connectivity index (χ3n) is 2.23. The zero-order valence-corrected chi connectivity index (χ0v) is 9.38. The topological polar surface area (TPSA) is 68.5 Å². The molecule has 1 N–H and O–H groups in total. The molecule has 6 nitrogen and oxygen atoms in total. The summed E-state index contributed by atoms with van der Waals surface area (Å²) < 4.78 is 1.90. The molecule has 0 fully saturated rings. The van der Waals surface area contributed by atoms with Crippen molar-refractivity contribution in [2.45, 2.75) is 13.3 Å². The highest BCUT2D eigenvalue weighted by molar-refractivity contribution is 5.24. The molecule has 0 spiro atoms. The van der Waals surface area contributed by atoms with E-state index in [1.165, 1.54) is 0 Å². The van der Waals surface area contributed by atoms with Crippen LogP contribution in [0, 0.1) is 6.92 Å². The van der Waals surface area contributed by atoms with Gasteiger partial charge in [0.05, 0.1) is 0 Å². The van der Waals surface area contributed by atoms with E-state index in [-0.39, 0.29) is 0 Å². The van der Waals surface area contributed by atoms with Gasteiger partial charge in [0.15, 0.2) is 0 Å². The number of nitrogens with zero attached hydrogens (tertiary/aromatic N) is 5. The molecular weight excluding hydrogens is 204 g/mol. The number of hydrogen-bond acceptors (Lipinski definition) is 5. The molecule has 0 aliphatic heterocycles. The largest absolute Gasteiger partial charge is 0.354 e. The maximum atomic E-state index is 4.25. The minimum atomic E-state index is 0.655. The van der Waals surface area contributed by atoms with Gasteiger partial charge in [-0.2, -0.15) is 0 Å². The Kier molecular flexibility index (Phi) is 3.09. The average molecular weight is 218 g/mol. The minimum absolute atomic E-state index is 0.655. The van der Waals surface area contributed by atoms with Crippen molar-refractivity contribution in [2.75, 3.05) is 11.9 Å². The average Bonchev–Trinajstić information content (AvgIpc) is 2.65. The van der Waals surface area contributed by atoms with Gasteiger partial charge >= 0.3 is 0 Å². The number of rotatable bonds is 4. The Morgan fingerprint density at radius 2 is 2.31 bits per heavy atom. The third-order valence-corrected chi connectivity index (χ3v) is 2.23. The molecule has 0 saturated heterocycles. The van der Waals surface area contributed by atoms with E-state index in [0.29, 0.717) is 5.95 Å². The van der Waals surface area contributed by atoms with Crippen LogP contribution in [0.2, 0.25) is 0 Å². The van der Waals surface area contributed by atoms with Crippen LogP contribution in [-0.4, -0.2) is 31.3 Å². The van der Waals surface area contributed by atoms with Crippen LogP contribution in [0.25, 0.3) is 0 Å². The van der Waals surface area contributed by atoms with Gasteiger partial charge in [-0.05, 0) is 13.0 Å². The molecule has 0 amide bonds. The second-order valence-electron chi connectivity index (χ2n) is 3.56. The van der Waals surface area contributed by atoms with Crippen molar-refractivity contribution in [1.29, 1.82) is 0 Å². The van der Waals surface area contributed by atoms with Crippen LogP contribution in [-0.2, 0) is 13.5 Å². The summed E-state index contributed by atoms with van der Waals surface area (Å²) in [5, 5.41) is 11.0. The minimum Gasteiger partial charge on any atom is -0.354 e. The molecule has 0 aliphatic rings. The summed E-state index contributed by atoms with van der Waals surface area (Å²) in [5.74, 6) is 1.60. The van der Waals surface area contributed by atoms with E-state index in [2.05, 4.69) is 25.5 Å². The highest BCUT2D eigenvalue weighted by Gasteiger charge is 2.00. The fourth-order valence-corrected chi connectivity index (χ4v) is 1.35. The summed E-state index contributed by atoms with van der Waals surface area (Å²) >= 11 is 0. The van der Waals surface area contributed by atoms with Crippen LogP contribution < -0.4 is 5.32 Å². The van der Waals surface area contributed by atoms with E-state index in [9.17, 15) is 0 Å². The second kappa shape index (κ2) is 4.69. The number of hydrogen-bond donors (Lipinski definition) is 1. The van der Waals surface area contributed by atoms with E-state index in [1.807, 2.05) is 24.6 Å². The SMILES string of the molecule is Cc1ccnc(NCCc2nncn2C)n1. The Morgan fingerprint density at radius 3 is 3.00 bits per heavy atom. The Morgan fingerprint density at radius 1 is 1.44 bits per heavy atom. The Balaban J connectivity index is 1.87. The van der Waals surface area contributed by atoms with Gasteiger partial charge in [0.25, 0.3) is 0 Å². The summed E-state index contributed by atoms with van der Waals surface area (Å²) in [4.78, 5) is 8.37. The molecule has 0 aliphatic carbocycles. The van der Waals surface area contributed by atoms with Gasteiger partial charge in [-0.15, -0.1) is 10.2 Å². The van der Waals surface area contributed by atoms with Crippen LogP contribution in [0.4, 0.5) is 5.95 Å². The van der Waals surface area contributed by atoms with E-state index in [4.69, 9.17) is 0 Å². The van der Waals surface area contributed by atoms with Gasteiger partial charge in [-0.3, -0.25) is 0 Å². The first-order valence-corrected chi connectivity index (χ1v) is 5.12. The van der Waals surface area contributed by atoms with Crippen molar-refractivity contribution in [3.63, 3.8) is 0 Å². The first-order valence-electron chi connectivity index (χ1n) is 5.12. The number of nitrogens with one attached hydrogen (secondary N) is 1. The van der Waals surface area contributed by atoms with Crippen molar-refractivity contribution in [1.82, 2.24) is 24.7 Å². The van der Waals surface area contributed by atoms with Gasteiger partial charge in [-0.25, -0.2) is 9.97 Å². The third kappa shape index (κ3) is 2.53. The molecule has 0 bridgehead atoms. The Hall–Kier alpha value is -1.98. The maximum Gasteiger partial charge on any atom is 0.222 e. The fraction of sp³-hybridized carbons (Fsp3) is 0.400. The van der Waals surface area contributed by atoms with E-state index in [0.717, 1.165) is 24.5 Å². The lowest BCUT2D eigenvalue weighted by molar-refractivity contribution is 0.785. The lowest BCUT2D eigenvalue weighted by atomic mass is 10.4. The molecule has 0 unspecified atom stereocenters. The highest BCUT2D eigenvalue weighted by atomic mass is 15.2. The quantitative estimate of drug-likeness (QED) is 0.812. The molecule has 0 aromatic carbocycles. The summed E-state index contributed by atoms with van der Waals surface area (Å²) in [6.45, 7) is 2.69. The second-order valence-corrected chi connectivity index (χ2v) is 3.56. The summed E-state index contributed by atoms with van der Waals surface area (Å²) in [5.41, 5.74) is 0.955. The lowest BCUT2D eigenvalue weighted by Gasteiger charge is -2.04. The summed E-state index contributed by atoms with van der Waals surface area (Å²) in [6.07, 6.45) is 4.24. The molecule has 16 heavy (non-hydrogen) atoms. The first-order chi connectivity index (χ1) is 7.75. The predicted molar refractivity (Wildman–Crippen MR) is 60.0 cm³/mol. The van der Waals surface area contributed by atoms with Crippen molar-refractivity contribution in [3.8, 4) is 0 Å². The Bertz CT molecular complexity index is 464. The van der Waals surface area contributed by atoms with Gasteiger partial charge in [-0.1, -0.05) is 0 Å². The number of aryl methyl sites for hydroxylation is 2. The molecular formula is C10H14N6. The van der Waals surface area contributed by atoms with Gasteiger partial charge in [0.1, 0.15) is 12.2 Å². The molecule has 6 heteroatoms. The van der Waals surface area contributed by atoms with E-state index >= 15 is 0 Å². The van der Waals surface area contributed by atoms with Crippen LogP contribution >= 0.6 is 0 Å². The lowest BCUT2D eigenvalue weighted by Crippen LogP contribution is -2.10. The van der Waals surface area contributed by atoms with Gasteiger partial charge < -0.3 is 9.88 Å². The predicted octanol–water partition coefficient (Wildman–Crippen LogP) is 0.568. The molecule has 2 heterocycles. The molecule has 2 aromatic rings. The molecule has 0 saturated carbocycles. The zero-order chi connectivity index (χ0) is 11.4. The number of aromatic nitrogens is 5. The van der Waals surface area contributed by atoms with E-state index < -0.39 is 0 Å². The van der Waals surface area contributed by atoms with Crippen LogP contribution in [0.5, 0.6) is 0 Å². The highest BCUT2D eigenvalue weighted by Crippen LogP contribution is 1.99. The number of anilines is 1. The van der Waals surface area contributed by atoms with Gasteiger partial charge in [0.2, 0.25) is 5.95 Å².